The van der Waals surface area contributed by atoms with E-state index in [0.717, 1.165) is 0 Å². The van der Waals surface area contributed by atoms with Crippen LogP contribution in [0.5, 0.6) is 0 Å². The lowest BCUT2D eigenvalue weighted by molar-refractivity contribution is 0.122. The van der Waals surface area contributed by atoms with Crippen molar-refractivity contribution in [3.63, 3.8) is 0 Å². The Kier molecular flexibility index (Phi) is 6.25. The first kappa shape index (κ1) is 20.3. The molecule has 1 saturated heterocycles. The number of anilines is 4. The van der Waals surface area contributed by atoms with Crippen LogP contribution < -0.4 is 15.5 Å². The topological polar surface area (TPSA) is 62.3 Å². The van der Waals surface area contributed by atoms with Crippen LogP contribution in [0.15, 0.2) is 60.2 Å². The molecule has 2 aliphatic rings. The van der Waals surface area contributed by atoms with Gasteiger partial charge in [-0.15, -0.1) is 0 Å². The lowest BCUT2D eigenvalue weighted by Crippen LogP contribution is -2.36. The van der Waals surface area contributed by atoms with Crippen LogP contribution in [0.3, 0.4) is 0 Å². The second-order valence-corrected chi connectivity index (χ2v) is 7.15. The van der Waals surface area contributed by atoms with Crippen molar-refractivity contribution in [3.05, 3.63) is 71.1 Å². The van der Waals surface area contributed by atoms with Crippen molar-refractivity contribution in [1.29, 1.82) is 0 Å². The Morgan fingerprint density at radius 2 is 1.93 bits per heavy atom. The molecule has 4 rings (SSSR count). The van der Waals surface area contributed by atoms with Gasteiger partial charge in [0.25, 0.3) is 0 Å². The van der Waals surface area contributed by atoms with Crippen LogP contribution in [0.2, 0.25) is 5.02 Å². The van der Waals surface area contributed by atoms with Gasteiger partial charge < -0.3 is 20.3 Å². The maximum Gasteiger partial charge on any atom is 0.229 e. The molecule has 1 aromatic heterocycles. The number of aromatic nitrogens is 2. The summed E-state index contributed by atoms with van der Waals surface area (Å²) in [7, 11) is 0. The molecular formula is C21H20ClF2N5O. The standard InChI is InChI=1S/C21H20ClF2N5O/c22-17-13-25-21(28-20(17)26-15-3-1-2-14(23)4-5-15)27-16-6-7-19(18(24)12-16)29-8-10-30-11-9-29/h1,3-7,12-13H,2,8-11H2,(H2,25,26,27,28). The predicted octanol–water partition coefficient (Wildman–Crippen LogP) is 4.96. The van der Waals surface area contributed by atoms with Gasteiger partial charge in [0.1, 0.15) is 16.7 Å². The summed E-state index contributed by atoms with van der Waals surface area (Å²) in [5.74, 6) is 0.0325. The summed E-state index contributed by atoms with van der Waals surface area (Å²) in [6, 6.07) is 4.89. The summed E-state index contributed by atoms with van der Waals surface area (Å²) in [6.07, 6.45) is 8.10. The Balaban J connectivity index is 1.50. The molecular weight excluding hydrogens is 412 g/mol. The Hall–Kier alpha value is -2.97. The highest BCUT2D eigenvalue weighted by atomic mass is 35.5. The SMILES string of the molecule is FC1=CC=C(Nc2nc(Nc3ccc(N4CCOCC4)c(F)c3)ncc2Cl)C=CC1. The van der Waals surface area contributed by atoms with Crippen LogP contribution in [-0.4, -0.2) is 36.3 Å². The van der Waals surface area contributed by atoms with Crippen molar-refractivity contribution in [3.8, 4) is 0 Å². The maximum absolute atomic E-state index is 14.6. The number of halogens is 3. The maximum atomic E-state index is 14.6. The average molecular weight is 432 g/mol. The van der Waals surface area contributed by atoms with E-state index in [2.05, 4.69) is 20.6 Å². The van der Waals surface area contributed by atoms with Crippen LogP contribution in [0.25, 0.3) is 0 Å². The molecule has 6 nitrogen and oxygen atoms in total. The number of benzene rings is 1. The highest BCUT2D eigenvalue weighted by Gasteiger charge is 2.16. The number of morpholine rings is 1. The van der Waals surface area contributed by atoms with Crippen molar-refractivity contribution in [2.45, 2.75) is 6.42 Å². The van der Waals surface area contributed by atoms with E-state index in [1.165, 1.54) is 18.3 Å². The molecule has 0 atom stereocenters. The van der Waals surface area contributed by atoms with E-state index in [1.807, 2.05) is 4.90 Å². The Labute approximate surface area is 177 Å². The smallest absolute Gasteiger partial charge is 0.229 e. The number of hydrogen-bond acceptors (Lipinski definition) is 6. The zero-order valence-electron chi connectivity index (χ0n) is 16.0. The molecule has 1 aliphatic carbocycles. The molecule has 30 heavy (non-hydrogen) atoms. The zero-order valence-corrected chi connectivity index (χ0v) is 16.8. The number of nitrogens with one attached hydrogen (secondary N) is 2. The molecule has 1 fully saturated rings. The van der Waals surface area contributed by atoms with Crippen LogP contribution in [0.4, 0.5) is 31.9 Å². The van der Waals surface area contributed by atoms with Crippen LogP contribution in [0.1, 0.15) is 6.42 Å². The van der Waals surface area contributed by atoms with Gasteiger partial charge in [-0.2, -0.15) is 4.98 Å². The third kappa shape index (κ3) is 4.95. The quantitative estimate of drug-likeness (QED) is 0.697. The van der Waals surface area contributed by atoms with Gasteiger partial charge in [0, 0.05) is 30.9 Å². The molecule has 2 N–H and O–H groups in total. The normalized spacial score (nSPS) is 16.6. The minimum absolute atomic E-state index is 0.234. The second kappa shape index (κ2) is 9.23. The molecule has 0 amide bonds. The predicted molar refractivity (Wildman–Crippen MR) is 114 cm³/mol. The van der Waals surface area contributed by atoms with Gasteiger partial charge in [-0.3, -0.25) is 0 Å². The van der Waals surface area contributed by atoms with E-state index in [-0.39, 0.29) is 24.0 Å². The van der Waals surface area contributed by atoms with Gasteiger partial charge in [0.2, 0.25) is 5.95 Å². The van der Waals surface area contributed by atoms with Crippen molar-refractivity contribution >= 4 is 34.7 Å². The number of ether oxygens (including phenoxy) is 1. The summed E-state index contributed by atoms with van der Waals surface area (Å²) in [5.41, 5.74) is 1.68. The van der Waals surface area contributed by atoms with Gasteiger partial charge in [0.05, 0.1) is 25.1 Å². The van der Waals surface area contributed by atoms with Crippen molar-refractivity contribution in [2.75, 3.05) is 41.8 Å². The molecule has 0 spiro atoms. The number of rotatable bonds is 5. The van der Waals surface area contributed by atoms with Crippen LogP contribution >= 0.6 is 11.6 Å². The first-order valence-corrected chi connectivity index (χ1v) is 9.88. The van der Waals surface area contributed by atoms with Crippen LogP contribution in [0, 0.1) is 5.82 Å². The zero-order chi connectivity index (χ0) is 20.9. The second-order valence-electron chi connectivity index (χ2n) is 6.75. The number of allylic oxidation sites excluding steroid dienone is 5. The molecule has 0 bridgehead atoms. The Morgan fingerprint density at radius 3 is 2.73 bits per heavy atom. The first-order valence-electron chi connectivity index (χ1n) is 9.50. The van der Waals surface area contributed by atoms with Gasteiger partial charge in [-0.05, 0) is 36.4 Å². The fraction of sp³-hybridized carbons (Fsp3) is 0.238. The Bertz CT molecular complexity index is 1020. The molecule has 2 heterocycles. The molecule has 0 unspecified atom stereocenters. The van der Waals surface area contributed by atoms with Gasteiger partial charge >= 0.3 is 0 Å². The minimum atomic E-state index is -0.336. The van der Waals surface area contributed by atoms with E-state index < -0.39 is 0 Å². The molecule has 9 heteroatoms. The van der Waals surface area contributed by atoms with Gasteiger partial charge in [-0.1, -0.05) is 17.7 Å². The summed E-state index contributed by atoms with van der Waals surface area (Å²) >= 11 is 6.19. The fourth-order valence-electron chi connectivity index (χ4n) is 3.11. The molecule has 1 aliphatic heterocycles. The average Bonchev–Trinajstić information content (AvgIpc) is 2.95. The summed E-state index contributed by atoms with van der Waals surface area (Å²) in [5, 5.41) is 6.34. The fourth-order valence-corrected chi connectivity index (χ4v) is 3.25. The summed E-state index contributed by atoms with van der Waals surface area (Å²) < 4.78 is 33.3. The van der Waals surface area contributed by atoms with Crippen molar-refractivity contribution in [1.82, 2.24) is 9.97 Å². The van der Waals surface area contributed by atoms with Gasteiger partial charge in [0.15, 0.2) is 5.82 Å². The molecule has 0 radical (unpaired) electrons. The number of nitrogens with zero attached hydrogens (tertiary/aromatic N) is 3. The molecule has 156 valence electrons. The highest BCUT2D eigenvalue weighted by molar-refractivity contribution is 6.32. The van der Waals surface area contributed by atoms with Gasteiger partial charge in [-0.25, -0.2) is 13.8 Å². The lowest BCUT2D eigenvalue weighted by Gasteiger charge is -2.29. The largest absolute Gasteiger partial charge is 0.378 e. The monoisotopic (exact) mass is 431 g/mol. The molecule has 1 aromatic carbocycles. The van der Waals surface area contributed by atoms with Crippen molar-refractivity contribution < 1.29 is 13.5 Å². The van der Waals surface area contributed by atoms with E-state index in [0.29, 0.717) is 54.2 Å². The van der Waals surface area contributed by atoms with Crippen LogP contribution in [-0.2, 0) is 4.74 Å². The summed E-state index contributed by atoms with van der Waals surface area (Å²) in [6.45, 7) is 2.48. The van der Waals surface area contributed by atoms with E-state index in [9.17, 15) is 8.78 Å². The number of hydrogen-bond donors (Lipinski definition) is 2. The lowest BCUT2D eigenvalue weighted by atomic mass is 10.2. The van der Waals surface area contributed by atoms with E-state index in [1.54, 1.807) is 30.4 Å². The van der Waals surface area contributed by atoms with E-state index in [4.69, 9.17) is 16.3 Å². The summed E-state index contributed by atoms with van der Waals surface area (Å²) in [4.78, 5) is 10.4. The van der Waals surface area contributed by atoms with E-state index >= 15 is 0 Å². The van der Waals surface area contributed by atoms with Crippen molar-refractivity contribution in [2.24, 2.45) is 0 Å². The Morgan fingerprint density at radius 1 is 1.10 bits per heavy atom. The molecule has 2 aromatic rings. The third-order valence-electron chi connectivity index (χ3n) is 4.62. The molecule has 0 saturated carbocycles. The third-order valence-corrected chi connectivity index (χ3v) is 4.89. The minimum Gasteiger partial charge on any atom is -0.378 e. The first-order chi connectivity index (χ1) is 14.6. The highest BCUT2D eigenvalue weighted by Crippen LogP contribution is 2.27.